The first-order valence-corrected chi connectivity index (χ1v) is 7.85. The Morgan fingerprint density at radius 1 is 1.33 bits per heavy atom. The zero-order valence-electron chi connectivity index (χ0n) is 12.6. The van der Waals surface area contributed by atoms with Gasteiger partial charge in [0.1, 0.15) is 0 Å². The molecule has 0 fully saturated rings. The summed E-state index contributed by atoms with van der Waals surface area (Å²) in [6.07, 6.45) is 0.856. The van der Waals surface area contributed by atoms with Crippen LogP contribution in [0.3, 0.4) is 0 Å². The van der Waals surface area contributed by atoms with E-state index >= 15 is 0 Å². The summed E-state index contributed by atoms with van der Waals surface area (Å²) in [5.41, 5.74) is 1.58. The number of amides is 1. The molecule has 1 atom stereocenters. The highest BCUT2D eigenvalue weighted by Gasteiger charge is 2.17. The zero-order chi connectivity index (χ0) is 16.0. The average molecular weight is 356 g/mol. The highest BCUT2D eigenvalue weighted by atomic mass is 79.9. The molecule has 0 saturated carbocycles. The molecule has 0 saturated heterocycles. The SMILES string of the molecule is Cc1ccc(Br)c(C(=O)NC[C@H](CC(=O)O)CC(C)C)c1. The van der Waals surface area contributed by atoms with E-state index in [0.29, 0.717) is 18.0 Å². The predicted molar refractivity (Wildman–Crippen MR) is 86.4 cm³/mol. The van der Waals surface area contributed by atoms with E-state index in [4.69, 9.17) is 5.11 Å². The second-order valence-electron chi connectivity index (χ2n) is 5.79. The molecule has 1 amide bonds. The van der Waals surface area contributed by atoms with Gasteiger partial charge in [0, 0.05) is 17.4 Å². The molecule has 0 aliphatic heterocycles. The van der Waals surface area contributed by atoms with Crippen molar-refractivity contribution >= 4 is 27.8 Å². The van der Waals surface area contributed by atoms with Crippen molar-refractivity contribution in [2.75, 3.05) is 6.54 Å². The van der Waals surface area contributed by atoms with Gasteiger partial charge in [-0.25, -0.2) is 0 Å². The molecule has 0 unspecified atom stereocenters. The van der Waals surface area contributed by atoms with E-state index < -0.39 is 5.97 Å². The number of rotatable bonds is 7. The van der Waals surface area contributed by atoms with E-state index in [1.165, 1.54) is 0 Å². The van der Waals surface area contributed by atoms with Crippen LogP contribution in [0, 0.1) is 18.8 Å². The van der Waals surface area contributed by atoms with Crippen LogP contribution in [0.1, 0.15) is 42.6 Å². The molecule has 0 radical (unpaired) electrons. The van der Waals surface area contributed by atoms with Crippen LogP contribution in [0.15, 0.2) is 22.7 Å². The molecule has 2 N–H and O–H groups in total. The lowest BCUT2D eigenvalue weighted by Crippen LogP contribution is -2.31. The van der Waals surface area contributed by atoms with Gasteiger partial charge < -0.3 is 10.4 Å². The Balaban J connectivity index is 2.68. The number of benzene rings is 1. The lowest BCUT2D eigenvalue weighted by Gasteiger charge is -2.18. The van der Waals surface area contributed by atoms with Gasteiger partial charge in [-0.15, -0.1) is 0 Å². The monoisotopic (exact) mass is 355 g/mol. The van der Waals surface area contributed by atoms with Crippen molar-refractivity contribution < 1.29 is 14.7 Å². The van der Waals surface area contributed by atoms with Crippen molar-refractivity contribution in [2.24, 2.45) is 11.8 Å². The average Bonchev–Trinajstić information content (AvgIpc) is 2.37. The molecule has 21 heavy (non-hydrogen) atoms. The summed E-state index contributed by atoms with van der Waals surface area (Å²) >= 11 is 3.36. The lowest BCUT2D eigenvalue weighted by atomic mass is 9.94. The van der Waals surface area contributed by atoms with Crippen LogP contribution in [0.5, 0.6) is 0 Å². The number of carboxylic acids is 1. The van der Waals surface area contributed by atoms with Crippen LogP contribution in [-0.2, 0) is 4.79 Å². The molecular formula is C16H22BrNO3. The fourth-order valence-corrected chi connectivity index (χ4v) is 2.72. The van der Waals surface area contributed by atoms with Crippen LogP contribution in [-0.4, -0.2) is 23.5 Å². The fourth-order valence-electron chi connectivity index (χ4n) is 2.30. The van der Waals surface area contributed by atoms with Gasteiger partial charge in [-0.3, -0.25) is 9.59 Å². The Hall–Kier alpha value is -1.36. The number of hydrogen-bond donors (Lipinski definition) is 2. The number of hydrogen-bond acceptors (Lipinski definition) is 2. The molecule has 1 aromatic rings. The van der Waals surface area contributed by atoms with Gasteiger partial charge in [-0.05, 0) is 53.2 Å². The van der Waals surface area contributed by atoms with Crippen molar-refractivity contribution in [3.05, 3.63) is 33.8 Å². The van der Waals surface area contributed by atoms with Crippen molar-refractivity contribution in [3.63, 3.8) is 0 Å². The third-order valence-electron chi connectivity index (χ3n) is 3.19. The number of aryl methyl sites for hydroxylation is 1. The molecule has 0 aliphatic carbocycles. The topological polar surface area (TPSA) is 66.4 Å². The first kappa shape index (κ1) is 17.7. The van der Waals surface area contributed by atoms with E-state index in [1.807, 2.05) is 39.0 Å². The number of nitrogens with one attached hydrogen (secondary N) is 1. The zero-order valence-corrected chi connectivity index (χ0v) is 14.2. The highest BCUT2D eigenvalue weighted by molar-refractivity contribution is 9.10. The third kappa shape index (κ3) is 6.29. The number of carbonyl (C=O) groups excluding carboxylic acids is 1. The van der Waals surface area contributed by atoms with Crippen molar-refractivity contribution in [1.82, 2.24) is 5.32 Å². The van der Waals surface area contributed by atoms with Gasteiger partial charge in [0.25, 0.3) is 5.91 Å². The third-order valence-corrected chi connectivity index (χ3v) is 3.88. The first-order valence-electron chi connectivity index (χ1n) is 7.05. The molecular weight excluding hydrogens is 334 g/mol. The molecule has 0 aromatic heterocycles. The Morgan fingerprint density at radius 3 is 2.57 bits per heavy atom. The largest absolute Gasteiger partial charge is 0.481 e. The number of aliphatic carboxylic acids is 1. The molecule has 0 bridgehead atoms. The Labute approximate surface area is 134 Å². The van der Waals surface area contributed by atoms with Crippen molar-refractivity contribution in [3.8, 4) is 0 Å². The molecule has 0 heterocycles. The van der Waals surface area contributed by atoms with E-state index in [0.717, 1.165) is 16.5 Å². The van der Waals surface area contributed by atoms with E-state index in [1.54, 1.807) is 0 Å². The van der Waals surface area contributed by atoms with Crippen LogP contribution < -0.4 is 5.32 Å². The minimum Gasteiger partial charge on any atom is -0.481 e. The minimum absolute atomic E-state index is 0.0463. The molecule has 1 aromatic carbocycles. The van der Waals surface area contributed by atoms with Crippen molar-refractivity contribution in [2.45, 2.75) is 33.6 Å². The van der Waals surface area contributed by atoms with E-state index in [9.17, 15) is 9.59 Å². The van der Waals surface area contributed by atoms with E-state index in [2.05, 4.69) is 21.2 Å². The normalized spacial score (nSPS) is 12.2. The van der Waals surface area contributed by atoms with Crippen LogP contribution in [0.25, 0.3) is 0 Å². The van der Waals surface area contributed by atoms with Crippen LogP contribution >= 0.6 is 15.9 Å². The smallest absolute Gasteiger partial charge is 0.303 e. The molecule has 4 nitrogen and oxygen atoms in total. The van der Waals surface area contributed by atoms with Crippen LogP contribution in [0.2, 0.25) is 0 Å². The van der Waals surface area contributed by atoms with Crippen molar-refractivity contribution in [1.29, 1.82) is 0 Å². The molecule has 1 rings (SSSR count). The summed E-state index contributed by atoms with van der Waals surface area (Å²) in [5, 5.41) is 11.8. The Morgan fingerprint density at radius 2 is 2.00 bits per heavy atom. The van der Waals surface area contributed by atoms with Gasteiger partial charge >= 0.3 is 5.97 Å². The summed E-state index contributed by atoms with van der Waals surface area (Å²) in [6, 6.07) is 5.58. The van der Waals surface area contributed by atoms with Gasteiger partial charge in [0.05, 0.1) is 5.56 Å². The molecule has 0 aliphatic rings. The van der Waals surface area contributed by atoms with Gasteiger partial charge in [-0.2, -0.15) is 0 Å². The highest BCUT2D eigenvalue weighted by Crippen LogP contribution is 2.19. The second-order valence-corrected chi connectivity index (χ2v) is 6.64. The summed E-state index contributed by atoms with van der Waals surface area (Å²) in [5.74, 6) is -0.650. The predicted octanol–water partition coefficient (Wildman–Crippen LogP) is 3.62. The molecule has 116 valence electrons. The molecule has 0 spiro atoms. The van der Waals surface area contributed by atoms with E-state index in [-0.39, 0.29) is 18.2 Å². The summed E-state index contributed by atoms with van der Waals surface area (Å²) in [4.78, 5) is 23.1. The summed E-state index contributed by atoms with van der Waals surface area (Å²) in [7, 11) is 0. The lowest BCUT2D eigenvalue weighted by molar-refractivity contribution is -0.138. The van der Waals surface area contributed by atoms with Gasteiger partial charge in [0.2, 0.25) is 0 Å². The Bertz CT molecular complexity index is 514. The maximum Gasteiger partial charge on any atom is 0.303 e. The summed E-state index contributed by atoms with van der Waals surface area (Å²) in [6.45, 7) is 6.40. The quantitative estimate of drug-likeness (QED) is 0.784. The Kier molecular flexibility index (Phi) is 6.89. The number of halogens is 1. The van der Waals surface area contributed by atoms with Gasteiger partial charge in [-0.1, -0.05) is 25.5 Å². The second kappa shape index (κ2) is 8.17. The summed E-state index contributed by atoms with van der Waals surface area (Å²) < 4.78 is 0.740. The van der Waals surface area contributed by atoms with Gasteiger partial charge in [0.15, 0.2) is 0 Å². The van der Waals surface area contributed by atoms with Crippen LogP contribution in [0.4, 0.5) is 0 Å². The standard InChI is InChI=1S/C16H22BrNO3/c1-10(2)6-12(8-15(19)20)9-18-16(21)13-7-11(3)4-5-14(13)17/h4-5,7,10,12H,6,8-9H2,1-3H3,(H,18,21)(H,19,20)/t12-/m0/s1. The first-order chi connectivity index (χ1) is 9.79. The number of carbonyl (C=O) groups is 2. The molecule has 5 heteroatoms. The maximum absolute atomic E-state index is 12.2. The minimum atomic E-state index is -0.827. The number of carboxylic acid groups (broad SMARTS) is 1. The maximum atomic E-state index is 12.2. The fraction of sp³-hybridized carbons (Fsp3) is 0.500.